The molecule has 8 heteroatoms. The Balaban J connectivity index is 1.93. The SMILES string of the molecule is COCCNC(=O)CCN(CCc1c[nH]c2ccccc12)S(C)(=O)=O. The van der Waals surface area contributed by atoms with E-state index in [0.29, 0.717) is 26.1 Å². The molecule has 0 unspecified atom stereocenters. The summed E-state index contributed by atoms with van der Waals surface area (Å²) in [4.78, 5) is 14.9. The summed E-state index contributed by atoms with van der Waals surface area (Å²) in [7, 11) is -1.82. The molecule has 2 N–H and O–H groups in total. The number of fused-ring (bicyclic) bond motifs is 1. The Labute approximate surface area is 148 Å². The predicted molar refractivity (Wildman–Crippen MR) is 97.9 cm³/mol. The molecule has 1 aromatic carbocycles. The average molecular weight is 367 g/mol. The fourth-order valence-corrected chi connectivity index (χ4v) is 3.48. The normalized spacial score (nSPS) is 12.0. The second-order valence-electron chi connectivity index (χ2n) is 5.86. The largest absolute Gasteiger partial charge is 0.383 e. The summed E-state index contributed by atoms with van der Waals surface area (Å²) in [6.45, 7) is 1.36. The lowest BCUT2D eigenvalue weighted by Gasteiger charge is -2.19. The lowest BCUT2D eigenvalue weighted by atomic mass is 10.1. The van der Waals surface area contributed by atoms with Gasteiger partial charge >= 0.3 is 0 Å². The standard InChI is InChI=1S/C17H25N3O4S/c1-24-12-9-18-17(21)8-11-20(25(2,22)23)10-7-14-13-19-16-6-4-3-5-15(14)16/h3-6,13,19H,7-12H2,1-2H3,(H,18,21). The minimum absolute atomic E-state index is 0.130. The first kappa shape index (κ1) is 19.4. The number of hydrogen-bond acceptors (Lipinski definition) is 4. The maximum absolute atomic E-state index is 12.0. The number of amides is 1. The van der Waals surface area contributed by atoms with Crippen LogP contribution in [0.1, 0.15) is 12.0 Å². The highest BCUT2D eigenvalue weighted by molar-refractivity contribution is 7.88. The van der Waals surface area contributed by atoms with Gasteiger partial charge in [-0.2, -0.15) is 0 Å². The van der Waals surface area contributed by atoms with E-state index in [4.69, 9.17) is 4.74 Å². The Bertz CT molecular complexity index is 801. The molecule has 25 heavy (non-hydrogen) atoms. The number of H-pyrrole nitrogens is 1. The first-order valence-electron chi connectivity index (χ1n) is 8.17. The number of nitrogens with one attached hydrogen (secondary N) is 2. The van der Waals surface area contributed by atoms with Crippen LogP contribution in [0.5, 0.6) is 0 Å². The number of ether oxygens (including phenoxy) is 1. The molecule has 0 spiro atoms. The number of benzene rings is 1. The monoisotopic (exact) mass is 367 g/mol. The quantitative estimate of drug-likeness (QED) is 0.616. The van der Waals surface area contributed by atoms with Gasteiger partial charge in [0.2, 0.25) is 15.9 Å². The second kappa shape index (κ2) is 8.98. The van der Waals surface area contributed by atoms with Crippen LogP contribution < -0.4 is 5.32 Å². The van der Waals surface area contributed by atoms with Gasteiger partial charge in [-0.05, 0) is 18.1 Å². The zero-order chi connectivity index (χ0) is 18.3. The number of rotatable bonds is 10. The molecule has 0 aliphatic carbocycles. The van der Waals surface area contributed by atoms with E-state index in [1.165, 1.54) is 10.6 Å². The highest BCUT2D eigenvalue weighted by atomic mass is 32.2. The molecule has 138 valence electrons. The summed E-state index contributed by atoms with van der Waals surface area (Å²) in [5, 5.41) is 3.78. The first-order chi connectivity index (χ1) is 11.9. The first-order valence-corrected chi connectivity index (χ1v) is 10.0. The minimum atomic E-state index is -3.37. The predicted octanol–water partition coefficient (Wildman–Crippen LogP) is 1.12. The van der Waals surface area contributed by atoms with Crippen molar-refractivity contribution in [3.8, 4) is 0 Å². The van der Waals surface area contributed by atoms with Crippen LogP contribution in [0.15, 0.2) is 30.5 Å². The maximum Gasteiger partial charge on any atom is 0.221 e. The van der Waals surface area contributed by atoms with Crippen molar-refractivity contribution < 1.29 is 17.9 Å². The third-order valence-corrected chi connectivity index (χ3v) is 5.29. The van der Waals surface area contributed by atoms with Crippen molar-refractivity contribution >= 4 is 26.8 Å². The zero-order valence-electron chi connectivity index (χ0n) is 14.6. The van der Waals surface area contributed by atoms with E-state index in [1.807, 2.05) is 30.5 Å². The highest BCUT2D eigenvalue weighted by Gasteiger charge is 2.18. The van der Waals surface area contributed by atoms with E-state index in [-0.39, 0.29) is 18.9 Å². The van der Waals surface area contributed by atoms with Gasteiger partial charge in [-0.25, -0.2) is 12.7 Å². The molecule has 0 aliphatic heterocycles. The Morgan fingerprint density at radius 1 is 1.28 bits per heavy atom. The molecular weight excluding hydrogens is 342 g/mol. The molecule has 1 heterocycles. The lowest BCUT2D eigenvalue weighted by molar-refractivity contribution is -0.121. The van der Waals surface area contributed by atoms with Crippen LogP contribution in [0.25, 0.3) is 10.9 Å². The number of para-hydroxylation sites is 1. The number of nitrogens with zero attached hydrogens (tertiary/aromatic N) is 1. The summed E-state index contributed by atoms with van der Waals surface area (Å²) in [5.74, 6) is -0.183. The van der Waals surface area contributed by atoms with Crippen LogP contribution in [0.3, 0.4) is 0 Å². The van der Waals surface area contributed by atoms with Gasteiger partial charge in [0.05, 0.1) is 12.9 Å². The number of aromatic nitrogens is 1. The van der Waals surface area contributed by atoms with E-state index < -0.39 is 10.0 Å². The molecule has 0 fully saturated rings. The summed E-state index contributed by atoms with van der Waals surface area (Å²) >= 11 is 0. The van der Waals surface area contributed by atoms with Crippen molar-refractivity contribution in [2.24, 2.45) is 0 Å². The van der Waals surface area contributed by atoms with Crippen LogP contribution >= 0.6 is 0 Å². The van der Waals surface area contributed by atoms with Gasteiger partial charge in [-0.1, -0.05) is 18.2 Å². The number of methoxy groups -OCH3 is 1. The number of hydrogen-bond donors (Lipinski definition) is 2. The van der Waals surface area contributed by atoms with Crippen molar-refractivity contribution in [3.63, 3.8) is 0 Å². The van der Waals surface area contributed by atoms with Crippen molar-refractivity contribution in [1.82, 2.24) is 14.6 Å². The van der Waals surface area contributed by atoms with Gasteiger partial charge in [-0.15, -0.1) is 0 Å². The zero-order valence-corrected chi connectivity index (χ0v) is 15.4. The molecule has 1 aromatic heterocycles. The van der Waals surface area contributed by atoms with Gasteiger partial charge in [-0.3, -0.25) is 4.79 Å². The molecule has 0 atom stereocenters. The van der Waals surface area contributed by atoms with Crippen molar-refractivity contribution in [2.45, 2.75) is 12.8 Å². The van der Waals surface area contributed by atoms with Crippen LogP contribution in [-0.4, -0.2) is 63.2 Å². The summed E-state index contributed by atoms with van der Waals surface area (Å²) in [5.41, 5.74) is 2.09. The van der Waals surface area contributed by atoms with Crippen LogP contribution in [0.4, 0.5) is 0 Å². The molecule has 0 aliphatic rings. The topological polar surface area (TPSA) is 91.5 Å². The number of aromatic amines is 1. The van der Waals surface area contributed by atoms with E-state index in [9.17, 15) is 13.2 Å². The van der Waals surface area contributed by atoms with Gasteiger partial charge in [0.25, 0.3) is 0 Å². The van der Waals surface area contributed by atoms with Crippen molar-refractivity contribution in [3.05, 3.63) is 36.0 Å². The molecule has 0 saturated carbocycles. The summed E-state index contributed by atoms with van der Waals surface area (Å²) in [6, 6.07) is 7.90. The van der Waals surface area contributed by atoms with E-state index >= 15 is 0 Å². The Hall–Kier alpha value is -1.90. The molecule has 0 radical (unpaired) electrons. The molecular formula is C17H25N3O4S. The van der Waals surface area contributed by atoms with Gasteiger partial charge in [0, 0.05) is 50.3 Å². The van der Waals surface area contributed by atoms with E-state index in [1.54, 1.807) is 7.11 Å². The third kappa shape index (κ3) is 5.84. The van der Waals surface area contributed by atoms with Crippen LogP contribution in [-0.2, 0) is 26.0 Å². The van der Waals surface area contributed by atoms with Crippen molar-refractivity contribution in [1.29, 1.82) is 0 Å². The molecule has 2 aromatic rings. The molecule has 1 amide bonds. The number of carbonyl (C=O) groups is 1. The van der Waals surface area contributed by atoms with Gasteiger partial charge in [0.1, 0.15) is 0 Å². The van der Waals surface area contributed by atoms with Gasteiger partial charge in [0.15, 0.2) is 0 Å². The third-order valence-electron chi connectivity index (χ3n) is 3.99. The van der Waals surface area contributed by atoms with E-state index in [0.717, 1.165) is 16.5 Å². The van der Waals surface area contributed by atoms with Crippen molar-refractivity contribution in [2.75, 3.05) is 39.6 Å². The second-order valence-corrected chi connectivity index (χ2v) is 7.85. The lowest BCUT2D eigenvalue weighted by Crippen LogP contribution is -2.36. The fourth-order valence-electron chi connectivity index (χ4n) is 2.63. The van der Waals surface area contributed by atoms with E-state index in [2.05, 4.69) is 10.3 Å². The molecule has 7 nitrogen and oxygen atoms in total. The molecule has 0 bridgehead atoms. The maximum atomic E-state index is 12.0. The summed E-state index contributed by atoms with van der Waals surface area (Å²) in [6.07, 6.45) is 3.79. The number of carbonyl (C=O) groups excluding carboxylic acids is 1. The Kier molecular flexibility index (Phi) is 6.98. The smallest absolute Gasteiger partial charge is 0.221 e. The molecule has 2 rings (SSSR count). The molecule has 0 saturated heterocycles. The minimum Gasteiger partial charge on any atom is -0.383 e. The van der Waals surface area contributed by atoms with Crippen LogP contribution in [0, 0.1) is 0 Å². The summed E-state index contributed by atoms with van der Waals surface area (Å²) < 4.78 is 30.2. The highest BCUT2D eigenvalue weighted by Crippen LogP contribution is 2.18. The van der Waals surface area contributed by atoms with Gasteiger partial charge < -0.3 is 15.0 Å². The van der Waals surface area contributed by atoms with Crippen LogP contribution in [0.2, 0.25) is 0 Å². The fraction of sp³-hybridized carbons (Fsp3) is 0.471. The Morgan fingerprint density at radius 2 is 2.04 bits per heavy atom. The number of sulfonamides is 1. The Morgan fingerprint density at radius 3 is 2.76 bits per heavy atom. The average Bonchev–Trinajstić information content (AvgIpc) is 2.97.